The van der Waals surface area contributed by atoms with E-state index in [-0.39, 0.29) is 5.91 Å². The second kappa shape index (κ2) is 4.94. The molecule has 0 aromatic carbocycles. The Morgan fingerprint density at radius 3 is 2.87 bits per heavy atom. The molecule has 15 heavy (non-hydrogen) atoms. The van der Waals surface area contributed by atoms with E-state index in [0.29, 0.717) is 18.6 Å². The summed E-state index contributed by atoms with van der Waals surface area (Å²) >= 11 is 0. The van der Waals surface area contributed by atoms with Gasteiger partial charge in [0.05, 0.1) is 6.54 Å². The number of hydrogen-bond donors (Lipinski definition) is 2. The number of nitrogens with zero attached hydrogens (tertiary/aromatic N) is 1. The lowest BCUT2D eigenvalue weighted by Crippen LogP contribution is -2.47. The Balaban J connectivity index is 1.69. The van der Waals surface area contributed by atoms with Crippen LogP contribution in [0.5, 0.6) is 0 Å². The highest BCUT2D eigenvalue weighted by Crippen LogP contribution is 2.18. The average Bonchev–Trinajstić information content (AvgIpc) is 3.03. The molecule has 1 heterocycles. The van der Waals surface area contributed by atoms with Crippen LogP contribution in [0.4, 0.5) is 0 Å². The molecule has 1 saturated heterocycles. The molecule has 0 spiro atoms. The Labute approximate surface area is 91.4 Å². The molecule has 0 aromatic rings. The van der Waals surface area contributed by atoms with Crippen molar-refractivity contribution in [1.29, 1.82) is 0 Å². The third-order valence-electron chi connectivity index (χ3n) is 3.23. The van der Waals surface area contributed by atoms with Crippen molar-refractivity contribution < 1.29 is 4.79 Å². The Kier molecular flexibility index (Phi) is 3.59. The maximum absolute atomic E-state index is 11.6. The van der Waals surface area contributed by atoms with Gasteiger partial charge in [-0.05, 0) is 39.3 Å². The van der Waals surface area contributed by atoms with E-state index >= 15 is 0 Å². The molecule has 2 rings (SSSR count). The molecule has 2 N–H and O–H groups in total. The lowest BCUT2D eigenvalue weighted by Gasteiger charge is -2.31. The zero-order valence-corrected chi connectivity index (χ0v) is 9.46. The molecule has 86 valence electrons. The van der Waals surface area contributed by atoms with Gasteiger partial charge >= 0.3 is 0 Å². The maximum Gasteiger partial charge on any atom is 0.234 e. The second-order valence-electron chi connectivity index (χ2n) is 4.76. The van der Waals surface area contributed by atoms with Crippen molar-refractivity contribution in [2.75, 3.05) is 26.7 Å². The maximum atomic E-state index is 11.6. The number of carbonyl (C=O) groups excluding carboxylic acids is 1. The minimum atomic E-state index is 0.186. The van der Waals surface area contributed by atoms with Crippen molar-refractivity contribution in [2.45, 2.75) is 37.8 Å². The SMILES string of the molecule is CN(CC(=O)NC1CC1)C1CCCNC1. The first-order chi connectivity index (χ1) is 7.25. The van der Waals surface area contributed by atoms with Crippen LogP contribution in [0.3, 0.4) is 0 Å². The van der Waals surface area contributed by atoms with Crippen LogP contribution >= 0.6 is 0 Å². The number of amides is 1. The molecule has 1 saturated carbocycles. The number of carbonyl (C=O) groups is 1. The van der Waals surface area contributed by atoms with Crippen LogP contribution in [-0.2, 0) is 4.79 Å². The molecule has 4 nitrogen and oxygen atoms in total. The van der Waals surface area contributed by atoms with Crippen LogP contribution in [0, 0.1) is 0 Å². The molecule has 2 fully saturated rings. The minimum absolute atomic E-state index is 0.186. The summed E-state index contributed by atoms with van der Waals surface area (Å²) in [6, 6.07) is 1.01. The highest BCUT2D eigenvalue weighted by atomic mass is 16.2. The summed E-state index contributed by atoms with van der Waals surface area (Å²) in [5.41, 5.74) is 0. The number of nitrogens with one attached hydrogen (secondary N) is 2. The van der Waals surface area contributed by atoms with Crippen molar-refractivity contribution in [3.8, 4) is 0 Å². The number of hydrogen-bond acceptors (Lipinski definition) is 3. The predicted molar refractivity (Wildman–Crippen MR) is 59.7 cm³/mol. The lowest BCUT2D eigenvalue weighted by atomic mass is 10.1. The number of likely N-dealkylation sites (N-methyl/N-ethyl adjacent to an activating group) is 1. The molecule has 2 aliphatic rings. The first-order valence-electron chi connectivity index (χ1n) is 5.96. The highest BCUT2D eigenvalue weighted by Gasteiger charge is 2.25. The van der Waals surface area contributed by atoms with Gasteiger partial charge in [0.2, 0.25) is 5.91 Å². The van der Waals surface area contributed by atoms with Gasteiger partial charge in [-0.3, -0.25) is 9.69 Å². The van der Waals surface area contributed by atoms with Crippen LogP contribution in [-0.4, -0.2) is 49.6 Å². The van der Waals surface area contributed by atoms with Crippen molar-refractivity contribution in [3.05, 3.63) is 0 Å². The third-order valence-corrected chi connectivity index (χ3v) is 3.23. The fourth-order valence-corrected chi connectivity index (χ4v) is 2.07. The number of rotatable bonds is 4. The van der Waals surface area contributed by atoms with E-state index in [1.807, 2.05) is 7.05 Å². The normalized spacial score (nSPS) is 26.7. The molecule has 1 aliphatic heterocycles. The molecular weight excluding hydrogens is 190 g/mol. The van der Waals surface area contributed by atoms with Gasteiger partial charge in [-0.25, -0.2) is 0 Å². The predicted octanol–water partition coefficient (Wildman–Crippen LogP) is -0.0512. The molecule has 1 amide bonds. The fraction of sp³-hybridized carbons (Fsp3) is 0.909. The minimum Gasteiger partial charge on any atom is -0.352 e. The molecular formula is C11H21N3O. The Morgan fingerprint density at radius 1 is 1.47 bits per heavy atom. The van der Waals surface area contributed by atoms with Crippen molar-refractivity contribution in [3.63, 3.8) is 0 Å². The average molecular weight is 211 g/mol. The van der Waals surface area contributed by atoms with Crippen molar-refractivity contribution in [2.24, 2.45) is 0 Å². The molecule has 1 atom stereocenters. The Hall–Kier alpha value is -0.610. The van der Waals surface area contributed by atoms with Gasteiger partial charge < -0.3 is 10.6 Å². The Bertz CT molecular complexity index is 222. The van der Waals surface area contributed by atoms with E-state index in [9.17, 15) is 4.79 Å². The third kappa shape index (κ3) is 3.47. The van der Waals surface area contributed by atoms with E-state index in [1.165, 1.54) is 25.7 Å². The summed E-state index contributed by atoms with van der Waals surface area (Å²) < 4.78 is 0. The monoisotopic (exact) mass is 211 g/mol. The summed E-state index contributed by atoms with van der Waals surface area (Å²) in [6.45, 7) is 2.69. The van der Waals surface area contributed by atoms with E-state index in [0.717, 1.165) is 13.1 Å². The largest absolute Gasteiger partial charge is 0.352 e. The summed E-state index contributed by atoms with van der Waals surface area (Å²) in [7, 11) is 2.05. The quantitative estimate of drug-likeness (QED) is 0.685. The van der Waals surface area contributed by atoms with Crippen LogP contribution in [0.1, 0.15) is 25.7 Å². The molecule has 4 heteroatoms. The lowest BCUT2D eigenvalue weighted by molar-refractivity contribution is -0.122. The van der Waals surface area contributed by atoms with Gasteiger partial charge in [-0.2, -0.15) is 0 Å². The van der Waals surface area contributed by atoms with Gasteiger partial charge in [0.25, 0.3) is 0 Å². The molecule has 0 bridgehead atoms. The van der Waals surface area contributed by atoms with Gasteiger partial charge in [-0.1, -0.05) is 0 Å². The fourth-order valence-electron chi connectivity index (χ4n) is 2.07. The standard InChI is InChI=1S/C11H21N3O/c1-14(10-3-2-6-12-7-10)8-11(15)13-9-4-5-9/h9-10,12H,2-8H2,1H3,(H,13,15). The van der Waals surface area contributed by atoms with Gasteiger partial charge in [0, 0.05) is 18.6 Å². The molecule has 1 aliphatic carbocycles. The first-order valence-corrected chi connectivity index (χ1v) is 5.96. The van der Waals surface area contributed by atoms with E-state index in [4.69, 9.17) is 0 Å². The van der Waals surface area contributed by atoms with Crippen LogP contribution < -0.4 is 10.6 Å². The van der Waals surface area contributed by atoms with E-state index in [1.54, 1.807) is 0 Å². The Morgan fingerprint density at radius 2 is 2.27 bits per heavy atom. The van der Waals surface area contributed by atoms with Gasteiger partial charge in [-0.15, -0.1) is 0 Å². The molecule has 0 aromatic heterocycles. The van der Waals surface area contributed by atoms with E-state index in [2.05, 4.69) is 15.5 Å². The van der Waals surface area contributed by atoms with Crippen LogP contribution in [0.2, 0.25) is 0 Å². The molecule has 1 unspecified atom stereocenters. The summed E-state index contributed by atoms with van der Waals surface area (Å²) in [5, 5.41) is 6.39. The van der Waals surface area contributed by atoms with Crippen molar-refractivity contribution >= 4 is 5.91 Å². The summed E-state index contributed by atoms with van der Waals surface area (Å²) in [5.74, 6) is 0.186. The second-order valence-corrected chi connectivity index (χ2v) is 4.76. The van der Waals surface area contributed by atoms with Gasteiger partial charge in [0.1, 0.15) is 0 Å². The highest BCUT2D eigenvalue weighted by molar-refractivity contribution is 5.78. The smallest absolute Gasteiger partial charge is 0.234 e. The van der Waals surface area contributed by atoms with Gasteiger partial charge in [0.15, 0.2) is 0 Å². The summed E-state index contributed by atoms with van der Waals surface area (Å²) in [4.78, 5) is 13.7. The topological polar surface area (TPSA) is 44.4 Å². The van der Waals surface area contributed by atoms with Crippen LogP contribution in [0.25, 0.3) is 0 Å². The summed E-state index contributed by atoms with van der Waals surface area (Å²) in [6.07, 6.45) is 4.76. The zero-order valence-electron chi connectivity index (χ0n) is 9.46. The first kappa shape index (κ1) is 10.9. The van der Waals surface area contributed by atoms with E-state index < -0.39 is 0 Å². The zero-order chi connectivity index (χ0) is 10.7. The number of piperidine rings is 1. The van der Waals surface area contributed by atoms with Crippen molar-refractivity contribution in [1.82, 2.24) is 15.5 Å². The van der Waals surface area contributed by atoms with Crippen LogP contribution in [0.15, 0.2) is 0 Å². The molecule has 0 radical (unpaired) electrons.